The Balaban J connectivity index is 2.01. The third-order valence-electron chi connectivity index (χ3n) is 4.07. The molecular formula is C21H24N2O4. The first-order valence-corrected chi connectivity index (χ1v) is 8.65. The van der Waals surface area contributed by atoms with Crippen molar-refractivity contribution in [2.45, 2.75) is 33.4 Å². The van der Waals surface area contributed by atoms with E-state index in [4.69, 9.17) is 4.74 Å². The van der Waals surface area contributed by atoms with E-state index >= 15 is 0 Å². The van der Waals surface area contributed by atoms with Crippen LogP contribution in [0.25, 0.3) is 0 Å². The van der Waals surface area contributed by atoms with Gasteiger partial charge in [0.1, 0.15) is 5.75 Å². The number of benzene rings is 2. The minimum absolute atomic E-state index is 0.0285. The predicted molar refractivity (Wildman–Crippen MR) is 104 cm³/mol. The number of nitrogens with zero attached hydrogens (tertiary/aromatic N) is 1. The highest BCUT2D eigenvalue weighted by Gasteiger charge is 2.16. The number of carbonyl (C=O) groups is 3. The monoisotopic (exact) mass is 368 g/mol. The Hall–Kier alpha value is -3.15. The predicted octanol–water partition coefficient (Wildman–Crippen LogP) is 3.27. The standard InChI is InChI=1S/C21H24N2O4/c1-14(24)18-8-6-10-20(12-18)27-15(2)21(26)22-19-9-5-7-17(11-19)13-23(4)16(3)25/h5-12,15H,13H2,1-4H3,(H,22,26). The van der Waals surface area contributed by atoms with Crippen molar-refractivity contribution in [3.05, 3.63) is 59.7 Å². The van der Waals surface area contributed by atoms with Crippen molar-refractivity contribution in [1.29, 1.82) is 0 Å². The molecule has 0 aliphatic heterocycles. The number of anilines is 1. The number of hydrogen-bond acceptors (Lipinski definition) is 4. The van der Waals surface area contributed by atoms with E-state index in [0.29, 0.717) is 23.5 Å². The summed E-state index contributed by atoms with van der Waals surface area (Å²) in [7, 11) is 1.72. The molecule has 0 radical (unpaired) electrons. The van der Waals surface area contributed by atoms with Crippen LogP contribution in [0.4, 0.5) is 5.69 Å². The van der Waals surface area contributed by atoms with Gasteiger partial charge >= 0.3 is 0 Å². The summed E-state index contributed by atoms with van der Waals surface area (Å²) in [6, 6.07) is 14.0. The maximum Gasteiger partial charge on any atom is 0.265 e. The van der Waals surface area contributed by atoms with Crippen LogP contribution in [0.15, 0.2) is 48.5 Å². The van der Waals surface area contributed by atoms with Crippen LogP contribution in [-0.4, -0.2) is 35.6 Å². The fourth-order valence-corrected chi connectivity index (χ4v) is 2.42. The van der Waals surface area contributed by atoms with Crippen molar-refractivity contribution in [2.24, 2.45) is 0 Å². The highest BCUT2D eigenvalue weighted by Crippen LogP contribution is 2.17. The first kappa shape index (κ1) is 20.2. The lowest BCUT2D eigenvalue weighted by atomic mass is 10.1. The summed E-state index contributed by atoms with van der Waals surface area (Å²) in [5, 5.41) is 2.81. The van der Waals surface area contributed by atoms with E-state index in [1.165, 1.54) is 13.8 Å². The van der Waals surface area contributed by atoms with E-state index in [2.05, 4.69) is 5.32 Å². The van der Waals surface area contributed by atoms with Crippen LogP contribution in [0, 0.1) is 0 Å². The second kappa shape index (κ2) is 8.98. The number of nitrogens with one attached hydrogen (secondary N) is 1. The van der Waals surface area contributed by atoms with Crippen LogP contribution in [0.2, 0.25) is 0 Å². The van der Waals surface area contributed by atoms with Crippen molar-refractivity contribution in [3.63, 3.8) is 0 Å². The van der Waals surface area contributed by atoms with E-state index in [9.17, 15) is 14.4 Å². The molecule has 2 aromatic carbocycles. The molecule has 6 nitrogen and oxygen atoms in total. The molecule has 0 spiro atoms. The first-order valence-electron chi connectivity index (χ1n) is 8.65. The molecule has 2 amide bonds. The molecule has 0 heterocycles. The van der Waals surface area contributed by atoms with Crippen LogP contribution in [0.5, 0.6) is 5.75 Å². The average molecular weight is 368 g/mol. The summed E-state index contributed by atoms with van der Waals surface area (Å²) in [5.74, 6) is 0.0617. The number of Topliss-reactive ketones (excluding diaryl/α,β-unsaturated/α-hetero) is 1. The van der Waals surface area contributed by atoms with Crippen LogP contribution in [-0.2, 0) is 16.1 Å². The summed E-state index contributed by atoms with van der Waals surface area (Å²) in [5.41, 5.74) is 2.07. The van der Waals surface area contributed by atoms with Gasteiger partial charge in [0, 0.05) is 31.8 Å². The van der Waals surface area contributed by atoms with Crippen molar-refractivity contribution >= 4 is 23.3 Å². The van der Waals surface area contributed by atoms with E-state index < -0.39 is 6.10 Å². The summed E-state index contributed by atoms with van der Waals surface area (Å²) < 4.78 is 5.65. The number of ketones is 1. The molecule has 2 rings (SSSR count). The van der Waals surface area contributed by atoms with Gasteiger partial charge in [-0.15, -0.1) is 0 Å². The fraction of sp³-hybridized carbons (Fsp3) is 0.286. The second-order valence-electron chi connectivity index (χ2n) is 6.41. The molecule has 6 heteroatoms. The summed E-state index contributed by atoms with van der Waals surface area (Å²) in [6.45, 7) is 5.09. The van der Waals surface area contributed by atoms with Crippen molar-refractivity contribution in [1.82, 2.24) is 4.90 Å². The number of rotatable bonds is 7. The van der Waals surface area contributed by atoms with Crippen molar-refractivity contribution < 1.29 is 19.1 Å². The molecule has 0 bridgehead atoms. The molecule has 27 heavy (non-hydrogen) atoms. The highest BCUT2D eigenvalue weighted by molar-refractivity contribution is 5.95. The molecule has 1 N–H and O–H groups in total. The molecule has 142 valence electrons. The van der Waals surface area contributed by atoms with Gasteiger partial charge in [-0.2, -0.15) is 0 Å². The lowest BCUT2D eigenvalue weighted by Crippen LogP contribution is -2.30. The van der Waals surface area contributed by atoms with Crippen LogP contribution in [0.3, 0.4) is 0 Å². The Morgan fingerprint density at radius 1 is 1.07 bits per heavy atom. The lowest BCUT2D eigenvalue weighted by molar-refractivity contribution is -0.128. The Morgan fingerprint density at radius 3 is 2.44 bits per heavy atom. The smallest absolute Gasteiger partial charge is 0.265 e. The van der Waals surface area contributed by atoms with E-state index in [1.54, 1.807) is 49.2 Å². The van der Waals surface area contributed by atoms with Crippen LogP contribution in [0.1, 0.15) is 36.7 Å². The number of hydrogen-bond donors (Lipinski definition) is 1. The quantitative estimate of drug-likeness (QED) is 0.761. The van der Waals surface area contributed by atoms with E-state index in [1.807, 2.05) is 18.2 Å². The van der Waals surface area contributed by atoms with Crippen LogP contribution < -0.4 is 10.1 Å². The van der Waals surface area contributed by atoms with Gasteiger partial charge in [0.05, 0.1) is 0 Å². The molecule has 0 aromatic heterocycles. The highest BCUT2D eigenvalue weighted by atomic mass is 16.5. The molecule has 0 fully saturated rings. The van der Waals surface area contributed by atoms with Gasteiger partial charge in [-0.1, -0.05) is 24.3 Å². The van der Waals surface area contributed by atoms with Gasteiger partial charge in [-0.25, -0.2) is 0 Å². The average Bonchev–Trinajstić information content (AvgIpc) is 2.62. The van der Waals surface area contributed by atoms with E-state index in [-0.39, 0.29) is 17.6 Å². The van der Waals surface area contributed by atoms with Gasteiger partial charge in [0.15, 0.2) is 11.9 Å². The fourth-order valence-electron chi connectivity index (χ4n) is 2.42. The van der Waals surface area contributed by atoms with Gasteiger partial charge in [-0.05, 0) is 43.7 Å². The zero-order valence-corrected chi connectivity index (χ0v) is 16.0. The van der Waals surface area contributed by atoms with Gasteiger partial charge in [0.2, 0.25) is 5.91 Å². The van der Waals surface area contributed by atoms with Gasteiger partial charge in [-0.3, -0.25) is 14.4 Å². The summed E-state index contributed by atoms with van der Waals surface area (Å²) in [6.07, 6.45) is -0.740. The second-order valence-corrected chi connectivity index (χ2v) is 6.41. The zero-order chi connectivity index (χ0) is 20.0. The summed E-state index contributed by atoms with van der Waals surface area (Å²) in [4.78, 5) is 36.8. The van der Waals surface area contributed by atoms with Crippen LogP contribution >= 0.6 is 0 Å². The largest absolute Gasteiger partial charge is 0.481 e. The molecular weight excluding hydrogens is 344 g/mol. The third kappa shape index (κ3) is 5.95. The minimum atomic E-state index is -0.740. The number of amides is 2. The van der Waals surface area contributed by atoms with Crippen molar-refractivity contribution in [2.75, 3.05) is 12.4 Å². The van der Waals surface area contributed by atoms with E-state index in [0.717, 1.165) is 5.56 Å². The Bertz CT molecular complexity index is 848. The van der Waals surface area contributed by atoms with Crippen molar-refractivity contribution in [3.8, 4) is 5.75 Å². The summed E-state index contributed by atoms with van der Waals surface area (Å²) >= 11 is 0. The first-order chi connectivity index (χ1) is 12.8. The normalized spacial score (nSPS) is 11.4. The maximum absolute atomic E-state index is 12.4. The third-order valence-corrected chi connectivity index (χ3v) is 4.07. The molecule has 0 saturated carbocycles. The lowest BCUT2D eigenvalue weighted by Gasteiger charge is -2.17. The molecule has 0 aliphatic carbocycles. The minimum Gasteiger partial charge on any atom is -0.481 e. The molecule has 2 aromatic rings. The topological polar surface area (TPSA) is 75.7 Å². The van der Waals surface area contributed by atoms with Gasteiger partial charge in [0.25, 0.3) is 5.91 Å². The molecule has 1 atom stereocenters. The Labute approximate surface area is 159 Å². The molecule has 0 aliphatic rings. The maximum atomic E-state index is 12.4. The molecule has 0 saturated heterocycles. The Kier molecular flexibility index (Phi) is 6.71. The number of carbonyl (C=O) groups excluding carboxylic acids is 3. The van der Waals surface area contributed by atoms with Gasteiger partial charge < -0.3 is 15.0 Å². The SMILES string of the molecule is CC(=O)c1cccc(OC(C)C(=O)Nc2cccc(CN(C)C(C)=O)c2)c1. The molecule has 1 unspecified atom stereocenters. The number of ether oxygens (including phenoxy) is 1. The Morgan fingerprint density at radius 2 is 1.78 bits per heavy atom. The zero-order valence-electron chi connectivity index (χ0n) is 16.0.